The van der Waals surface area contributed by atoms with E-state index in [1.165, 1.54) is 0 Å². The Kier molecular flexibility index (Phi) is 6.57. The van der Waals surface area contributed by atoms with E-state index < -0.39 is 0 Å². The van der Waals surface area contributed by atoms with Crippen molar-refractivity contribution in [3.8, 4) is 5.75 Å². The Hall–Kier alpha value is -3.41. The number of nitrogens with one attached hydrogen (secondary N) is 2. The van der Waals surface area contributed by atoms with Gasteiger partial charge in [0.05, 0.1) is 7.11 Å². The fourth-order valence-corrected chi connectivity index (χ4v) is 2.86. The zero-order valence-electron chi connectivity index (χ0n) is 16.1. The van der Waals surface area contributed by atoms with Gasteiger partial charge < -0.3 is 15.4 Å². The number of aromatic nitrogens is 2. The normalized spacial score (nSPS) is 10.4. The number of carbonyl (C=O) groups is 1. The minimum atomic E-state index is -0.240. The molecule has 0 fully saturated rings. The number of amides is 1. The van der Waals surface area contributed by atoms with Crippen molar-refractivity contribution in [3.05, 3.63) is 83.0 Å². The summed E-state index contributed by atoms with van der Waals surface area (Å²) in [6.07, 6.45) is 0.796. The average Bonchev–Trinajstić information content (AvgIpc) is 2.74. The first-order valence-electron chi connectivity index (χ1n) is 9.19. The fourth-order valence-electron chi connectivity index (χ4n) is 2.86. The third kappa shape index (κ3) is 5.07. The lowest BCUT2D eigenvalue weighted by Gasteiger charge is -2.10. The second kappa shape index (κ2) is 9.50. The van der Waals surface area contributed by atoms with Gasteiger partial charge in [0.2, 0.25) is 0 Å². The van der Waals surface area contributed by atoms with Gasteiger partial charge in [-0.15, -0.1) is 10.2 Å². The summed E-state index contributed by atoms with van der Waals surface area (Å²) in [6.45, 7) is 3.17. The summed E-state index contributed by atoms with van der Waals surface area (Å²) in [6, 6.07) is 19.3. The molecule has 0 unspecified atom stereocenters. The van der Waals surface area contributed by atoms with Crippen LogP contribution in [-0.4, -0.2) is 29.8 Å². The number of ether oxygens (including phenoxy) is 1. The molecule has 0 bridgehead atoms. The van der Waals surface area contributed by atoms with Gasteiger partial charge in [-0.25, -0.2) is 0 Å². The summed E-state index contributed by atoms with van der Waals surface area (Å²) >= 11 is 0. The number of hydrogen-bond acceptors (Lipinski definition) is 5. The lowest BCUT2D eigenvalue weighted by molar-refractivity contribution is 0.0945. The Morgan fingerprint density at radius 1 is 0.964 bits per heavy atom. The highest BCUT2D eigenvalue weighted by Crippen LogP contribution is 2.17. The largest absolute Gasteiger partial charge is 0.496 e. The lowest BCUT2D eigenvalue weighted by atomic mass is 10.1. The molecule has 0 aliphatic heterocycles. The molecule has 6 heteroatoms. The maximum atomic E-state index is 12.3. The van der Waals surface area contributed by atoms with Gasteiger partial charge in [0.15, 0.2) is 5.69 Å². The molecule has 6 nitrogen and oxygen atoms in total. The average molecular weight is 376 g/mol. The molecule has 0 spiro atoms. The molecule has 0 aliphatic rings. The Balaban J connectivity index is 1.50. The molecule has 3 rings (SSSR count). The molecule has 1 aromatic heterocycles. The molecular weight excluding hydrogens is 352 g/mol. The van der Waals surface area contributed by atoms with E-state index in [0.29, 0.717) is 24.6 Å². The first-order chi connectivity index (χ1) is 13.7. The van der Waals surface area contributed by atoms with Crippen LogP contribution in [0.1, 0.15) is 27.2 Å². The van der Waals surface area contributed by atoms with Gasteiger partial charge >= 0.3 is 0 Å². The van der Waals surface area contributed by atoms with E-state index in [4.69, 9.17) is 4.74 Å². The van der Waals surface area contributed by atoms with Crippen molar-refractivity contribution in [2.24, 2.45) is 0 Å². The predicted molar refractivity (Wildman–Crippen MR) is 110 cm³/mol. The summed E-state index contributed by atoms with van der Waals surface area (Å²) < 4.78 is 5.35. The van der Waals surface area contributed by atoms with Crippen LogP contribution in [0, 0.1) is 6.92 Å². The van der Waals surface area contributed by atoms with Gasteiger partial charge in [0, 0.05) is 13.1 Å². The summed E-state index contributed by atoms with van der Waals surface area (Å²) in [5, 5.41) is 14.2. The quantitative estimate of drug-likeness (QED) is 0.630. The number of aryl methyl sites for hydroxylation is 1. The van der Waals surface area contributed by atoms with Crippen molar-refractivity contribution in [1.29, 1.82) is 0 Å². The molecule has 0 aliphatic carbocycles. The van der Waals surface area contributed by atoms with E-state index in [2.05, 4.69) is 20.8 Å². The molecule has 0 atom stereocenters. The summed E-state index contributed by atoms with van der Waals surface area (Å²) in [4.78, 5) is 12.3. The molecule has 1 heterocycles. The van der Waals surface area contributed by atoms with Crippen molar-refractivity contribution in [3.63, 3.8) is 0 Å². The van der Waals surface area contributed by atoms with Crippen molar-refractivity contribution in [1.82, 2.24) is 15.5 Å². The second-order valence-corrected chi connectivity index (χ2v) is 6.40. The summed E-state index contributed by atoms with van der Waals surface area (Å²) in [5.74, 6) is 1.26. The number of benzene rings is 2. The van der Waals surface area contributed by atoms with E-state index in [9.17, 15) is 4.79 Å². The van der Waals surface area contributed by atoms with Crippen LogP contribution in [0.2, 0.25) is 0 Å². The second-order valence-electron chi connectivity index (χ2n) is 6.40. The SMILES string of the molecule is COc1ccccc1CCNc1ccc(C(=O)NCc2ccccc2C)nn1. The number of para-hydroxylation sites is 1. The summed E-state index contributed by atoms with van der Waals surface area (Å²) in [5.41, 5.74) is 3.64. The van der Waals surface area contributed by atoms with Crippen molar-refractivity contribution in [2.45, 2.75) is 19.9 Å². The lowest BCUT2D eigenvalue weighted by Crippen LogP contribution is -2.24. The molecule has 1 amide bonds. The number of carbonyl (C=O) groups excluding carboxylic acids is 1. The fraction of sp³-hybridized carbons (Fsp3) is 0.227. The first-order valence-corrected chi connectivity index (χ1v) is 9.19. The Labute approximate surface area is 165 Å². The first kappa shape index (κ1) is 19.4. The van der Waals surface area contributed by atoms with Crippen molar-refractivity contribution >= 4 is 11.7 Å². The Morgan fingerprint density at radius 2 is 1.71 bits per heavy atom. The minimum absolute atomic E-state index is 0.240. The standard InChI is InChI=1S/C22H24N4O2/c1-16-7-3-4-9-18(16)15-24-22(27)19-11-12-21(26-25-19)23-14-13-17-8-5-6-10-20(17)28-2/h3-12H,13-15H2,1-2H3,(H,23,26)(H,24,27). The molecule has 28 heavy (non-hydrogen) atoms. The van der Waals surface area contributed by atoms with Crippen LogP contribution in [0.3, 0.4) is 0 Å². The van der Waals surface area contributed by atoms with E-state index in [1.54, 1.807) is 19.2 Å². The summed E-state index contributed by atoms with van der Waals surface area (Å²) in [7, 11) is 1.67. The molecule has 0 saturated heterocycles. The van der Waals surface area contributed by atoms with Crippen LogP contribution in [0.15, 0.2) is 60.7 Å². The molecular formula is C22H24N4O2. The van der Waals surface area contributed by atoms with E-state index in [-0.39, 0.29) is 5.91 Å². The van der Waals surface area contributed by atoms with Crippen molar-refractivity contribution in [2.75, 3.05) is 19.0 Å². The van der Waals surface area contributed by atoms with E-state index in [0.717, 1.165) is 28.9 Å². The smallest absolute Gasteiger partial charge is 0.272 e. The van der Waals surface area contributed by atoms with Gasteiger partial charge in [-0.05, 0) is 48.2 Å². The Bertz CT molecular complexity index is 926. The van der Waals surface area contributed by atoms with Crippen LogP contribution in [-0.2, 0) is 13.0 Å². The maximum Gasteiger partial charge on any atom is 0.272 e. The number of anilines is 1. The third-order valence-electron chi connectivity index (χ3n) is 4.49. The number of hydrogen-bond donors (Lipinski definition) is 2. The zero-order valence-corrected chi connectivity index (χ0v) is 16.1. The molecule has 0 saturated carbocycles. The molecule has 0 radical (unpaired) electrons. The third-order valence-corrected chi connectivity index (χ3v) is 4.49. The molecule has 144 valence electrons. The van der Waals surface area contributed by atoms with Gasteiger partial charge in [0.25, 0.3) is 5.91 Å². The van der Waals surface area contributed by atoms with Crippen LogP contribution in [0.4, 0.5) is 5.82 Å². The van der Waals surface area contributed by atoms with Gasteiger partial charge in [0.1, 0.15) is 11.6 Å². The highest BCUT2D eigenvalue weighted by atomic mass is 16.5. The van der Waals surface area contributed by atoms with E-state index >= 15 is 0 Å². The highest BCUT2D eigenvalue weighted by Gasteiger charge is 2.09. The monoisotopic (exact) mass is 376 g/mol. The van der Waals surface area contributed by atoms with Crippen LogP contribution in [0.5, 0.6) is 5.75 Å². The Morgan fingerprint density at radius 3 is 2.43 bits per heavy atom. The molecule has 2 N–H and O–H groups in total. The zero-order chi connectivity index (χ0) is 19.8. The van der Waals surface area contributed by atoms with Crippen LogP contribution < -0.4 is 15.4 Å². The highest BCUT2D eigenvalue weighted by molar-refractivity contribution is 5.92. The maximum absolute atomic E-state index is 12.3. The predicted octanol–water partition coefficient (Wildman–Crippen LogP) is 3.38. The number of nitrogens with zero attached hydrogens (tertiary/aromatic N) is 2. The molecule has 2 aromatic carbocycles. The van der Waals surface area contributed by atoms with E-state index in [1.807, 2.05) is 55.5 Å². The number of rotatable bonds is 8. The molecule has 3 aromatic rings. The number of methoxy groups -OCH3 is 1. The van der Waals surface area contributed by atoms with Gasteiger partial charge in [-0.2, -0.15) is 0 Å². The minimum Gasteiger partial charge on any atom is -0.496 e. The van der Waals surface area contributed by atoms with Gasteiger partial charge in [-0.3, -0.25) is 4.79 Å². The van der Waals surface area contributed by atoms with Gasteiger partial charge in [-0.1, -0.05) is 42.5 Å². The van der Waals surface area contributed by atoms with Crippen LogP contribution >= 0.6 is 0 Å². The van der Waals surface area contributed by atoms with Crippen molar-refractivity contribution < 1.29 is 9.53 Å². The van der Waals surface area contributed by atoms with Crippen LogP contribution in [0.25, 0.3) is 0 Å². The topological polar surface area (TPSA) is 76.1 Å².